The predicted molar refractivity (Wildman–Crippen MR) is 121 cm³/mol. The third-order valence-corrected chi connectivity index (χ3v) is 6.07. The van der Waals surface area contributed by atoms with Crippen LogP contribution in [0.2, 0.25) is 0 Å². The molecule has 0 aliphatic heterocycles. The molecule has 3 rings (SSSR count). The summed E-state index contributed by atoms with van der Waals surface area (Å²) < 4.78 is 20.1. The molecule has 2 aromatic carbocycles. The number of nitrogens with one attached hydrogen (secondary N) is 3. The zero-order valence-electron chi connectivity index (χ0n) is 18.3. The molecule has 0 unspecified atom stereocenters. The van der Waals surface area contributed by atoms with Crippen molar-refractivity contribution in [2.24, 2.45) is 4.99 Å². The Morgan fingerprint density at radius 1 is 1.22 bits per heavy atom. The molecule has 0 bridgehead atoms. The van der Waals surface area contributed by atoms with Crippen molar-refractivity contribution in [2.75, 3.05) is 20.7 Å². The van der Waals surface area contributed by atoms with Gasteiger partial charge in [0.05, 0.1) is 12.7 Å². The smallest absolute Gasteiger partial charge is 0.255 e. The number of aliphatic imine (C=N–C) groups is 1. The van der Waals surface area contributed by atoms with E-state index in [1.165, 1.54) is 13.2 Å². The zero-order valence-corrected chi connectivity index (χ0v) is 18.3. The third kappa shape index (κ3) is 5.17. The Morgan fingerprint density at radius 3 is 2.56 bits per heavy atom. The Bertz CT molecular complexity index is 1010. The Hall–Kier alpha value is -3.60. The number of carbonyl (C=O) groups is 1. The van der Waals surface area contributed by atoms with Gasteiger partial charge in [-0.2, -0.15) is 5.26 Å². The first-order valence-corrected chi connectivity index (χ1v) is 10.6. The van der Waals surface area contributed by atoms with Crippen LogP contribution in [0.3, 0.4) is 0 Å². The molecule has 8 heteroatoms. The van der Waals surface area contributed by atoms with Gasteiger partial charge in [-0.3, -0.25) is 15.1 Å². The quantitative estimate of drug-likeness (QED) is 0.279. The number of ether oxygens (including phenoxy) is 1. The van der Waals surface area contributed by atoms with Gasteiger partial charge in [-0.1, -0.05) is 30.3 Å². The lowest BCUT2D eigenvalue weighted by atomic mass is 9.68. The van der Waals surface area contributed by atoms with E-state index in [1.807, 2.05) is 12.3 Å². The Labute approximate surface area is 187 Å². The Kier molecular flexibility index (Phi) is 7.66. The summed E-state index contributed by atoms with van der Waals surface area (Å²) in [5.74, 6) is 0.388. The van der Waals surface area contributed by atoms with Crippen LogP contribution in [0, 0.1) is 17.3 Å². The molecule has 168 valence electrons. The number of para-hydroxylation sites is 1. The van der Waals surface area contributed by atoms with Crippen molar-refractivity contribution in [3.05, 3.63) is 65.5 Å². The molecule has 0 atom stereocenters. The second-order valence-electron chi connectivity index (χ2n) is 7.87. The number of hydrogen-bond donors (Lipinski definition) is 3. The molecule has 2 aromatic rings. The normalized spacial score (nSPS) is 20.7. The lowest BCUT2D eigenvalue weighted by Crippen LogP contribution is -2.49. The molecule has 1 fully saturated rings. The van der Waals surface area contributed by atoms with Gasteiger partial charge in [-0.05, 0) is 49.4 Å². The summed E-state index contributed by atoms with van der Waals surface area (Å²) in [7, 11) is 3.13. The van der Waals surface area contributed by atoms with Gasteiger partial charge in [-0.25, -0.2) is 4.39 Å². The lowest BCUT2D eigenvalue weighted by Gasteiger charge is -2.41. The van der Waals surface area contributed by atoms with E-state index in [0.717, 1.165) is 12.8 Å². The molecule has 1 saturated carbocycles. The summed E-state index contributed by atoms with van der Waals surface area (Å²) in [5, 5.41) is 17.6. The van der Waals surface area contributed by atoms with Gasteiger partial charge >= 0.3 is 0 Å². The van der Waals surface area contributed by atoms with Crippen molar-refractivity contribution < 1.29 is 13.9 Å². The van der Waals surface area contributed by atoms with Crippen molar-refractivity contribution >= 4 is 11.9 Å². The number of nitriles is 1. The van der Waals surface area contributed by atoms with Crippen LogP contribution in [-0.4, -0.2) is 38.6 Å². The fourth-order valence-corrected chi connectivity index (χ4v) is 4.33. The van der Waals surface area contributed by atoms with E-state index in [2.05, 4.69) is 20.9 Å². The van der Waals surface area contributed by atoms with Crippen LogP contribution in [0.15, 0.2) is 53.5 Å². The first-order chi connectivity index (χ1) is 15.5. The lowest BCUT2D eigenvalue weighted by molar-refractivity contribution is 0.0931. The van der Waals surface area contributed by atoms with Crippen LogP contribution in [0.25, 0.3) is 0 Å². The summed E-state index contributed by atoms with van der Waals surface area (Å²) in [6, 6.07) is 13.9. The fraction of sp³-hybridized carbons (Fsp3) is 0.375. The van der Waals surface area contributed by atoms with E-state index >= 15 is 0 Å². The third-order valence-electron chi connectivity index (χ3n) is 6.07. The summed E-state index contributed by atoms with van der Waals surface area (Å²) in [6.07, 6.45) is 4.68. The number of benzene rings is 2. The van der Waals surface area contributed by atoms with Crippen LogP contribution in [-0.2, 0) is 5.41 Å². The van der Waals surface area contributed by atoms with E-state index in [-0.39, 0.29) is 17.8 Å². The predicted octanol–water partition coefficient (Wildman–Crippen LogP) is 3.09. The number of carbonyl (C=O) groups excluding carboxylic acids is 1. The van der Waals surface area contributed by atoms with E-state index in [1.54, 1.807) is 43.4 Å². The average Bonchev–Trinajstić information content (AvgIpc) is 2.83. The molecule has 1 aliphatic rings. The number of hydrogen-bond acceptors (Lipinski definition) is 4. The number of nitrogens with zero attached hydrogens (tertiary/aromatic N) is 2. The van der Waals surface area contributed by atoms with E-state index in [9.17, 15) is 9.18 Å². The summed E-state index contributed by atoms with van der Waals surface area (Å²) >= 11 is 0. The highest BCUT2D eigenvalue weighted by molar-refractivity contribution is 5.97. The summed E-state index contributed by atoms with van der Waals surface area (Å²) in [4.78, 5) is 16.9. The second kappa shape index (κ2) is 10.6. The highest BCUT2D eigenvalue weighted by Crippen LogP contribution is 2.40. The van der Waals surface area contributed by atoms with Gasteiger partial charge in [0, 0.05) is 25.0 Å². The zero-order chi connectivity index (χ0) is 23.0. The number of methoxy groups -OCH3 is 1. The van der Waals surface area contributed by atoms with Crippen LogP contribution in [0.5, 0.6) is 5.75 Å². The fourth-order valence-electron chi connectivity index (χ4n) is 4.33. The minimum atomic E-state index is -0.534. The molecule has 0 radical (unpaired) electrons. The van der Waals surface area contributed by atoms with E-state index in [0.29, 0.717) is 42.2 Å². The summed E-state index contributed by atoms with van der Waals surface area (Å²) in [6.45, 7) is 0.308. The molecule has 7 nitrogen and oxygen atoms in total. The summed E-state index contributed by atoms with van der Waals surface area (Å²) in [5.41, 5.74) is 0.520. The van der Waals surface area contributed by atoms with E-state index in [4.69, 9.17) is 10.00 Å². The van der Waals surface area contributed by atoms with Crippen LogP contribution < -0.4 is 20.7 Å². The highest BCUT2D eigenvalue weighted by atomic mass is 19.1. The monoisotopic (exact) mass is 437 g/mol. The maximum Gasteiger partial charge on any atom is 0.255 e. The Morgan fingerprint density at radius 2 is 1.91 bits per heavy atom. The minimum absolute atomic E-state index is 0.0966. The molecule has 0 aromatic heterocycles. The maximum absolute atomic E-state index is 14.8. The number of amides is 1. The second-order valence-corrected chi connectivity index (χ2v) is 7.87. The Balaban J connectivity index is 1.78. The van der Waals surface area contributed by atoms with Crippen molar-refractivity contribution in [2.45, 2.75) is 37.1 Å². The van der Waals surface area contributed by atoms with Gasteiger partial charge in [0.2, 0.25) is 5.96 Å². The highest BCUT2D eigenvalue weighted by Gasteiger charge is 2.39. The minimum Gasteiger partial charge on any atom is -0.496 e. The van der Waals surface area contributed by atoms with Crippen molar-refractivity contribution in [1.29, 1.82) is 5.26 Å². The van der Waals surface area contributed by atoms with Gasteiger partial charge in [0.15, 0.2) is 6.19 Å². The maximum atomic E-state index is 14.8. The SMILES string of the molecule is CN=C(NC#N)NC1CCC(CNC(=O)c2ccccc2OC)(c2ccccc2F)CC1. The van der Waals surface area contributed by atoms with Gasteiger partial charge in [-0.15, -0.1) is 0 Å². The van der Waals surface area contributed by atoms with E-state index < -0.39 is 5.41 Å². The van der Waals surface area contributed by atoms with Crippen molar-refractivity contribution in [1.82, 2.24) is 16.0 Å². The van der Waals surface area contributed by atoms with Crippen LogP contribution >= 0.6 is 0 Å². The van der Waals surface area contributed by atoms with Gasteiger partial charge in [0.1, 0.15) is 11.6 Å². The van der Waals surface area contributed by atoms with Gasteiger partial charge < -0.3 is 15.4 Å². The molecular weight excluding hydrogens is 409 g/mol. The number of guanidine groups is 1. The molecule has 0 heterocycles. The molecule has 0 spiro atoms. The van der Waals surface area contributed by atoms with Crippen molar-refractivity contribution in [3.8, 4) is 11.9 Å². The van der Waals surface area contributed by atoms with Crippen LogP contribution in [0.4, 0.5) is 4.39 Å². The molecular formula is C24H28FN5O2. The molecule has 3 N–H and O–H groups in total. The molecule has 32 heavy (non-hydrogen) atoms. The van der Waals surface area contributed by atoms with Crippen LogP contribution in [0.1, 0.15) is 41.6 Å². The first-order valence-electron chi connectivity index (χ1n) is 10.6. The number of rotatable bonds is 6. The number of halogens is 1. The first kappa shape index (κ1) is 23.1. The topological polar surface area (TPSA) is 98.5 Å². The molecule has 1 aliphatic carbocycles. The largest absolute Gasteiger partial charge is 0.496 e. The average molecular weight is 438 g/mol. The standard InChI is InChI=1S/C24H28FN5O2/c1-27-23(29-16-26)30-17-11-13-24(14-12-17,19-8-4-5-9-20(19)25)15-28-22(31)18-7-3-6-10-21(18)32-2/h3-10,17H,11-15H2,1-2H3,(H,28,31)(H2,27,29,30). The molecule has 0 saturated heterocycles. The van der Waals surface area contributed by atoms with Crippen molar-refractivity contribution in [3.63, 3.8) is 0 Å². The van der Waals surface area contributed by atoms with Gasteiger partial charge in [0.25, 0.3) is 5.91 Å². The molecule has 1 amide bonds.